The van der Waals surface area contributed by atoms with E-state index in [4.69, 9.17) is 0 Å². The molecule has 3 aromatic rings. The van der Waals surface area contributed by atoms with E-state index in [0.29, 0.717) is 29.0 Å². The number of benzene rings is 1. The highest BCUT2D eigenvalue weighted by Gasteiger charge is 2.30. The van der Waals surface area contributed by atoms with Gasteiger partial charge in [-0.05, 0) is 30.0 Å². The number of rotatable bonds is 7. The topological polar surface area (TPSA) is 122 Å². The lowest BCUT2D eigenvalue weighted by molar-refractivity contribution is -0.668. The van der Waals surface area contributed by atoms with Crippen molar-refractivity contribution in [3.63, 3.8) is 0 Å². The molecule has 2 aromatic heterocycles. The lowest BCUT2D eigenvalue weighted by Gasteiger charge is -2.21. The zero-order chi connectivity index (χ0) is 22.0. The molecular weight excluding hydrogens is 436 g/mol. The van der Waals surface area contributed by atoms with Gasteiger partial charge in [-0.3, -0.25) is 4.79 Å². The van der Waals surface area contributed by atoms with E-state index >= 15 is 0 Å². The molecular formula is C20H25N6O3S2+. The van der Waals surface area contributed by atoms with Gasteiger partial charge in [-0.2, -0.15) is 0 Å². The number of anilines is 1. The summed E-state index contributed by atoms with van der Waals surface area (Å²) in [5.41, 5.74) is 1.16. The third kappa shape index (κ3) is 4.82. The number of nitrogens with one attached hydrogen (secondary N) is 2. The molecule has 11 heteroatoms. The highest BCUT2D eigenvalue weighted by molar-refractivity contribution is 7.90. The first kappa shape index (κ1) is 21.6. The van der Waals surface area contributed by atoms with Crippen molar-refractivity contribution in [2.24, 2.45) is 5.92 Å². The van der Waals surface area contributed by atoms with Crippen LogP contribution in [0.3, 0.4) is 0 Å². The van der Waals surface area contributed by atoms with Crippen molar-refractivity contribution >= 4 is 32.2 Å². The molecule has 1 unspecified atom stereocenters. The average Bonchev–Trinajstić information content (AvgIpc) is 3.48. The number of aromatic nitrogens is 5. The molecule has 0 saturated heterocycles. The minimum absolute atomic E-state index is 0.135. The predicted octanol–water partition coefficient (Wildman–Crippen LogP) is 2.55. The fourth-order valence-corrected chi connectivity index (χ4v) is 5.55. The van der Waals surface area contributed by atoms with Crippen LogP contribution in [0.5, 0.6) is 0 Å². The van der Waals surface area contributed by atoms with Gasteiger partial charge in [0.2, 0.25) is 5.91 Å². The van der Waals surface area contributed by atoms with E-state index in [0.717, 1.165) is 24.7 Å². The van der Waals surface area contributed by atoms with Crippen molar-refractivity contribution in [2.75, 3.05) is 11.6 Å². The molecule has 2 heterocycles. The molecule has 31 heavy (non-hydrogen) atoms. The van der Waals surface area contributed by atoms with Crippen molar-refractivity contribution in [3.05, 3.63) is 41.2 Å². The number of thiazole rings is 1. The molecule has 164 valence electrons. The summed E-state index contributed by atoms with van der Waals surface area (Å²) >= 11 is 1.37. The number of aryl methyl sites for hydroxylation is 1. The van der Waals surface area contributed by atoms with Crippen LogP contribution < -0.4 is 10.00 Å². The second-order valence-electron chi connectivity index (χ2n) is 7.95. The number of aromatic amines is 1. The van der Waals surface area contributed by atoms with Crippen LogP contribution in [0.15, 0.2) is 34.7 Å². The van der Waals surface area contributed by atoms with E-state index in [9.17, 15) is 13.2 Å². The van der Waals surface area contributed by atoms with Crippen LogP contribution in [0.2, 0.25) is 0 Å². The number of carbonyl (C=O) groups is 1. The monoisotopic (exact) mass is 461 g/mol. The Morgan fingerprint density at radius 2 is 2.13 bits per heavy atom. The Balaban J connectivity index is 1.76. The van der Waals surface area contributed by atoms with Gasteiger partial charge in [-0.1, -0.05) is 37.0 Å². The molecule has 0 bridgehead atoms. The molecule has 1 aliphatic carbocycles. The molecule has 4 rings (SSSR count). The predicted molar refractivity (Wildman–Crippen MR) is 116 cm³/mol. The van der Waals surface area contributed by atoms with Crippen molar-refractivity contribution in [3.8, 4) is 5.69 Å². The van der Waals surface area contributed by atoms with Crippen LogP contribution >= 0.6 is 11.3 Å². The van der Waals surface area contributed by atoms with Gasteiger partial charge in [0.25, 0.3) is 0 Å². The highest BCUT2D eigenvalue weighted by Crippen LogP contribution is 2.36. The van der Waals surface area contributed by atoms with Crippen LogP contribution in [0, 0.1) is 12.8 Å². The quantitative estimate of drug-likeness (QED) is 0.522. The summed E-state index contributed by atoms with van der Waals surface area (Å²) in [6.07, 6.45) is 8.09. The highest BCUT2D eigenvalue weighted by atomic mass is 32.2. The molecule has 1 atom stereocenters. The van der Waals surface area contributed by atoms with Crippen LogP contribution in [-0.4, -0.2) is 41.1 Å². The van der Waals surface area contributed by atoms with Gasteiger partial charge in [0.1, 0.15) is 15.7 Å². The lowest BCUT2D eigenvalue weighted by Crippen LogP contribution is -2.38. The van der Waals surface area contributed by atoms with Crippen LogP contribution in [0.25, 0.3) is 5.69 Å². The summed E-state index contributed by atoms with van der Waals surface area (Å²) in [5, 5.41) is 15.7. The smallest absolute Gasteiger partial charge is 0.301 e. The molecule has 1 fully saturated rings. The van der Waals surface area contributed by atoms with Crippen molar-refractivity contribution in [1.29, 1.82) is 0 Å². The molecule has 1 aromatic carbocycles. The summed E-state index contributed by atoms with van der Waals surface area (Å²) in [5.74, 6) is 0.426. The molecule has 1 aliphatic rings. The van der Waals surface area contributed by atoms with Crippen molar-refractivity contribution in [1.82, 2.24) is 20.5 Å². The normalized spacial score (nSPS) is 15.8. The number of hydrogen-bond donors (Lipinski definition) is 2. The van der Waals surface area contributed by atoms with Gasteiger partial charge in [-0.25, -0.2) is 13.4 Å². The maximum absolute atomic E-state index is 13.2. The minimum atomic E-state index is -3.51. The summed E-state index contributed by atoms with van der Waals surface area (Å²) in [4.78, 5) is 17.6. The standard InChI is InChI=1S/C20H24N6O3S2/c1-13-23-24-25-26(13)17-12-15(7-8-18(17)31(2,28)29)16(11-14-5-3-4-6-14)19(27)22-20-21-9-10-30-20/h7-10,12,14,16H,3-6,11H2,1-2H3,(H,21,22,27)/p+1. The molecule has 9 nitrogen and oxygen atoms in total. The first-order valence-electron chi connectivity index (χ1n) is 10.2. The Bertz CT molecular complexity index is 1170. The second kappa shape index (κ2) is 8.83. The average molecular weight is 462 g/mol. The first-order chi connectivity index (χ1) is 14.8. The number of amides is 1. The second-order valence-corrected chi connectivity index (χ2v) is 10.8. The summed E-state index contributed by atoms with van der Waals surface area (Å²) in [6, 6.07) is 5.05. The third-order valence-corrected chi connectivity index (χ3v) is 7.54. The van der Waals surface area contributed by atoms with Gasteiger partial charge >= 0.3 is 5.82 Å². The fourth-order valence-electron chi connectivity index (χ4n) is 4.18. The van der Waals surface area contributed by atoms with E-state index in [-0.39, 0.29) is 10.8 Å². The first-order valence-corrected chi connectivity index (χ1v) is 12.9. The molecule has 0 aliphatic heterocycles. The lowest BCUT2D eigenvalue weighted by atomic mass is 9.87. The third-order valence-electron chi connectivity index (χ3n) is 5.71. The van der Waals surface area contributed by atoms with E-state index in [1.165, 1.54) is 28.9 Å². The zero-order valence-electron chi connectivity index (χ0n) is 17.4. The van der Waals surface area contributed by atoms with Crippen LogP contribution in [-0.2, 0) is 14.6 Å². The summed E-state index contributed by atoms with van der Waals surface area (Å²) in [6.45, 7) is 1.73. The Morgan fingerprint density at radius 1 is 1.35 bits per heavy atom. The number of H-pyrrole nitrogens is 1. The van der Waals surface area contributed by atoms with Gasteiger partial charge in [0, 0.05) is 24.8 Å². The van der Waals surface area contributed by atoms with Gasteiger partial charge in [0.05, 0.1) is 5.92 Å². The van der Waals surface area contributed by atoms with E-state index in [1.807, 2.05) is 5.38 Å². The van der Waals surface area contributed by atoms with Crippen molar-refractivity contribution < 1.29 is 17.9 Å². The SMILES string of the molecule is Cc1nn[nH][n+]1-c1cc(C(CC2CCCC2)C(=O)Nc2nccs2)ccc1S(C)(=O)=O. The number of nitrogens with zero attached hydrogens (tertiary/aromatic N) is 4. The molecule has 0 radical (unpaired) electrons. The van der Waals surface area contributed by atoms with Gasteiger partial charge in [-0.15, -0.1) is 16.0 Å². The Morgan fingerprint density at radius 3 is 2.74 bits per heavy atom. The molecule has 2 N–H and O–H groups in total. The number of sulfone groups is 1. The number of tetrazole rings is 1. The Labute approximate surface area is 184 Å². The molecule has 1 amide bonds. The molecule has 1 saturated carbocycles. The van der Waals surface area contributed by atoms with Crippen molar-refractivity contribution in [2.45, 2.75) is 49.8 Å². The van der Waals surface area contributed by atoms with E-state index in [1.54, 1.807) is 31.3 Å². The fraction of sp³-hybridized carbons (Fsp3) is 0.450. The maximum atomic E-state index is 13.2. The molecule has 0 spiro atoms. The van der Waals surface area contributed by atoms with Gasteiger partial charge in [0.15, 0.2) is 20.2 Å². The Hall–Kier alpha value is -2.66. The van der Waals surface area contributed by atoms with Gasteiger partial charge < -0.3 is 5.32 Å². The number of hydrogen-bond acceptors (Lipinski definition) is 7. The minimum Gasteiger partial charge on any atom is -0.301 e. The maximum Gasteiger partial charge on any atom is 0.302 e. The Kier molecular flexibility index (Phi) is 6.15. The number of carbonyl (C=O) groups excluding carboxylic acids is 1. The van der Waals surface area contributed by atoms with E-state index in [2.05, 4.69) is 25.8 Å². The van der Waals surface area contributed by atoms with E-state index < -0.39 is 15.8 Å². The zero-order valence-corrected chi connectivity index (χ0v) is 19.0. The van der Waals surface area contributed by atoms with Crippen LogP contribution in [0.4, 0.5) is 5.13 Å². The summed E-state index contributed by atoms with van der Waals surface area (Å²) < 4.78 is 26.3. The summed E-state index contributed by atoms with van der Waals surface area (Å²) in [7, 11) is -3.51. The van der Waals surface area contributed by atoms with Crippen LogP contribution in [0.1, 0.15) is 49.4 Å². The largest absolute Gasteiger partial charge is 0.302 e.